The van der Waals surface area contributed by atoms with Crippen LogP contribution in [-0.2, 0) is 9.47 Å². The molecular formula is C12H16BrNO4. The van der Waals surface area contributed by atoms with Gasteiger partial charge in [0.05, 0.1) is 25.4 Å². The summed E-state index contributed by atoms with van der Waals surface area (Å²) in [5, 5.41) is 12.0. The minimum atomic E-state index is -0.948. The van der Waals surface area contributed by atoms with Crippen molar-refractivity contribution in [2.45, 2.75) is 0 Å². The monoisotopic (exact) mass is 317 g/mol. The Labute approximate surface area is 114 Å². The van der Waals surface area contributed by atoms with E-state index in [0.29, 0.717) is 30.8 Å². The Morgan fingerprint density at radius 2 is 2.17 bits per heavy atom. The van der Waals surface area contributed by atoms with E-state index in [0.717, 1.165) is 5.69 Å². The van der Waals surface area contributed by atoms with E-state index in [1.54, 1.807) is 25.3 Å². The first-order valence-electron chi connectivity index (χ1n) is 5.48. The Balaban J connectivity index is 2.35. The van der Waals surface area contributed by atoms with Crippen LogP contribution in [0, 0.1) is 0 Å². The quantitative estimate of drug-likeness (QED) is 0.720. The van der Waals surface area contributed by atoms with Crippen LogP contribution in [0.3, 0.4) is 0 Å². The summed E-state index contributed by atoms with van der Waals surface area (Å²) in [6.07, 6.45) is 0. The Morgan fingerprint density at radius 1 is 1.39 bits per heavy atom. The van der Waals surface area contributed by atoms with Gasteiger partial charge in [0.15, 0.2) is 0 Å². The number of carboxylic acids is 1. The second kappa shape index (κ2) is 8.07. The van der Waals surface area contributed by atoms with Crippen LogP contribution in [-0.4, -0.2) is 44.6 Å². The van der Waals surface area contributed by atoms with Crippen LogP contribution in [0.1, 0.15) is 10.4 Å². The number of nitrogens with one attached hydrogen (secondary N) is 1. The Morgan fingerprint density at radius 3 is 2.78 bits per heavy atom. The maximum atomic E-state index is 10.8. The number of rotatable bonds is 8. The van der Waals surface area contributed by atoms with E-state index >= 15 is 0 Å². The molecule has 18 heavy (non-hydrogen) atoms. The van der Waals surface area contributed by atoms with Crippen LogP contribution in [0.2, 0.25) is 0 Å². The summed E-state index contributed by atoms with van der Waals surface area (Å²) in [7, 11) is 1.63. The number of hydrogen-bond acceptors (Lipinski definition) is 4. The van der Waals surface area contributed by atoms with E-state index in [1.165, 1.54) is 0 Å². The molecule has 0 radical (unpaired) electrons. The van der Waals surface area contributed by atoms with Crippen molar-refractivity contribution in [3.05, 3.63) is 28.2 Å². The van der Waals surface area contributed by atoms with Crippen LogP contribution in [0.5, 0.6) is 0 Å². The normalized spacial score (nSPS) is 10.3. The molecule has 0 aliphatic heterocycles. The van der Waals surface area contributed by atoms with E-state index < -0.39 is 5.97 Å². The summed E-state index contributed by atoms with van der Waals surface area (Å²) < 4.78 is 10.7. The molecule has 0 aliphatic carbocycles. The van der Waals surface area contributed by atoms with Gasteiger partial charge in [-0.2, -0.15) is 0 Å². The number of methoxy groups -OCH3 is 1. The van der Waals surface area contributed by atoms with Gasteiger partial charge in [0.2, 0.25) is 0 Å². The molecule has 0 fully saturated rings. The molecule has 0 aromatic heterocycles. The minimum absolute atomic E-state index is 0.247. The zero-order valence-electron chi connectivity index (χ0n) is 10.1. The predicted octanol–water partition coefficient (Wildman–Crippen LogP) is 2.22. The lowest BCUT2D eigenvalue weighted by Crippen LogP contribution is -2.12. The third-order valence-electron chi connectivity index (χ3n) is 2.21. The highest BCUT2D eigenvalue weighted by molar-refractivity contribution is 9.10. The van der Waals surface area contributed by atoms with E-state index in [2.05, 4.69) is 21.2 Å². The number of anilines is 1. The van der Waals surface area contributed by atoms with E-state index in [1.807, 2.05) is 0 Å². The average Bonchev–Trinajstić information content (AvgIpc) is 2.33. The second-order valence-electron chi connectivity index (χ2n) is 3.53. The molecule has 100 valence electrons. The van der Waals surface area contributed by atoms with Crippen molar-refractivity contribution in [2.75, 3.05) is 38.8 Å². The predicted molar refractivity (Wildman–Crippen MR) is 72.3 cm³/mol. The molecule has 0 saturated carbocycles. The first-order chi connectivity index (χ1) is 8.65. The summed E-state index contributed by atoms with van der Waals surface area (Å²) in [6, 6.07) is 5.02. The smallest absolute Gasteiger partial charge is 0.336 e. The van der Waals surface area contributed by atoms with Crippen molar-refractivity contribution in [3.8, 4) is 0 Å². The number of carbonyl (C=O) groups is 1. The van der Waals surface area contributed by atoms with Gasteiger partial charge in [-0.15, -0.1) is 0 Å². The number of hydrogen-bond donors (Lipinski definition) is 2. The minimum Gasteiger partial charge on any atom is -0.478 e. The summed E-state index contributed by atoms with van der Waals surface area (Å²) in [5.41, 5.74) is 1.10. The zero-order chi connectivity index (χ0) is 13.4. The molecule has 5 nitrogen and oxygen atoms in total. The lowest BCUT2D eigenvalue weighted by atomic mass is 10.2. The molecule has 2 N–H and O–H groups in total. The summed E-state index contributed by atoms with van der Waals surface area (Å²) in [5.74, 6) is -0.948. The molecule has 0 spiro atoms. The van der Waals surface area contributed by atoms with Gasteiger partial charge >= 0.3 is 5.97 Å². The Bertz CT molecular complexity index is 398. The molecule has 6 heteroatoms. The topological polar surface area (TPSA) is 67.8 Å². The Hall–Kier alpha value is -1.11. The molecule has 1 aromatic carbocycles. The SMILES string of the molecule is COCCOCCNc1ccc(C(=O)O)c(Br)c1. The summed E-state index contributed by atoms with van der Waals surface area (Å²) in [4.78, 5) is 10.8. The number of carboxylic acid groups (broad SMARTS) is 1. The number of ether oxygens (including phenoxy) is 2. The average molecular weight is 318 g/mol. The zero-order valence-corrected chi connectivity index (χ0v) is 11.7. The van der Waals surface area contributed by atoms with Crippen LogP contribution < -0.4 is 5.32 Å². The molecule has 0 bridgehead atoms. The molecule has 0 unspecified atom stereocenters. The molecule has 0 atom stereocenters. The fourth-order valence-electron chi connectivity index (χ4n) is 1.31. The van der Waals surface area contributed by atoms with Crippen molar-refractivity contribution in [3.63, 3.8) is 0 Å². The highest BCUT2D eigenvalue weighted by atomic mass is 79.9. The number of halogens is 1. The third-order valence-corrected chi connectivity index (χ3v) is 2.86. The van der Waals surface area contributed by atoms with Gasteiger partial charge in [-0.05, 0) is 34.1 Å². The summed E-state index contributed by atoms with van der Waals surface area (Å²) >= 11 is 3.22. The standard InChI is InChI=1S/C12H16BrNO4/c1-17-6-7-18-5-4-14-9-2-3-10(12(15)16)11(13)8-9/h2-3,8,14H,4-7H2,1H3,(H,15,16). The van der Waals surface area contributed by atoms with Crippen LogP contribution in [0.15, 0.2) is 22.7 Å². The lowest BCUT2D eigenvalue weighted by Gasteiger charge is -2.08. The number of aromatic carboxylic acids is 1. The fourth-order valence-corrected chi connectivity index (χ4v) is 1.86. The van der Waals surface area contributed by atoms with Gasteiger partial charge in [0.25, 0.3) is 0 Å². The highest BCUT2D eigenvalue weighted by Gasteiger charge is 2.07. The van der Waals surface area contributed by atoms with Crippen LogP contribution in [0.4, 0.5) is 5.69 Å². The molecule has 0 saturated heterocycles. The molecule has 1 aromatic rings. The van der Waals surface area contributed by atoms with Crippen molar-refractivity contribution in [1.29, 1.82) is 0 Å². The van der Waals surface area contributed by atoms with Gasteiger partial charge in [-0.1, -0.05) is 0 Å². The first kappa shape index (κ1) is 14.9. The first-order valence-corrected chi connectivity index (χ1v) is 6.28. The van der Waals surface area contributed by atoms with Crippen molar-refractivity contribution in [2.24, 2.45) is 0 Å². The molecule has 0 heterocycles. The largest absolute Gasteiger partial charge is 0.478 e. The van der Waals surface area contributed by atoms with E-state index in [9.17, 15) is 4.79 Å². The van der Waals surface area contributed by atoms with Gasteiger partial charge in [0, 0.05) is 23.8 Å². The molecular weight excluding hydrogens is 302 g/mol. The second-order valence-corrected chi connectivity index (χ2v) is 4.39. The molecule has 1 rings (SSSR count). The number of benzene rings is 1. The third kappa shape index (κ3) is 5.03. The van der Waals surface area contributed by atoms with Gasteiger partial charge in [0.1, 0.15) is 0 Å². The summed E-state index contributed by atoms with van der Waals surface area (Å²) in [6.45, 7) is 2.38. The van der Waals surface area contributed by atoms with Crippen LogP contribution in [0.25, 0.3) is 0 Å². The van der Waals surface area contributed by atoms with Gasteiger partial charge < -0.3 is 19.9 Å². The van der Waals surface area contributed by atoms with E-state index in [-0.39, 0.29) is 5.56 Å². The van der Waals surface area contributed by atoms with E-state index in [4.69, 9.17) is 14.6 Å². The molecule has 0 aliphatic rings. The highest BCUT2D eigenvalue weighted by Crippen LogP contribution is 2.21. The Kier molecular flexibility index (Phi) is 6.70. The van der Waals surface area contributed by atoms with Crippen molar-refractivity contribution >= 4 is 27.6 Å². The fraction of sp³-hybridized carbons (Fsp3) is 0.417. The van der Waals surface area contributed by atoms with Gasteiger partial charge in [-0.3, -0.25) is 0 Å². The van der Waals surface area contributed by atoms with Crippen molar-refractivity contribution < 1.29 is 19.4 Å². The van der Waals surface area contributed by atoms with Crippen molar-refractivity contribution in [1.82, 2.24) is 0 Å². The lowest BCUT2D eigenvalue weighted by molar-refractivity contribution is 0.0696. The maximum absolute atomic E-state index is 10.8. The molecule has 0 amide bonds. The maximum Gasteiger partial charge on any atom is 0.336 e. The van der Waals surface area contributed by atoms with Gasteiger partial charge in [-0.25, -0.2) is 4.79 Å². The van der Waals surface area contributed by atoms with Crippen LogP contribution >= 0.6 is 15.9 Å².